The van der Waals surface area contributed by atoms with Crippen molar-refractivity contribution in [1.82, 2.24) is 0 Å². The lowest BCUT2D eigenvalue weighted by atomic mass is 9.83. The summed E-state index contributed by atoms with van der Waals surface area (Å²) < 4.78 is 21.4. The van der Waals surface area contributed by atoms with Crippen LogP contribution < -0.4 is 15.2 Å². The monoisotopic (exact) mass is 438 g/mol. The summed E-state index contributed by atoms with van der Waals surface area (Å²) in [6.45, 7) is 5.01. The fraction of sp³-hybridized carbons (Fsp3) is 0.667. The molecule has 1 amide bonds. The molecule has 0 aliphatic carbocycles. The number of nitrogens with two attached hydrogens (primary N) is 1. The van der Waals surface area contributed by atoms with E-state index in [1.165, 1.54) is 0 Å². The fourth-order valence-electron chi connectivity index (χ4n) is 3.21. The molecule has 0 aliphatic rings. The number of methoxy groups -OCH3 is 2. The first-order valence-electron chi connectivity index (χ1n) is 10.3. The summed E-state index contributed by atoms with van der Waals surface area (Å²) in [7, 11) is 3.23. The Morgan fingerprint density at radius 3 is 2.58 bits per heavy atom. The SMILES string of the molecule is COCCCOc1cc(C[C@@H](C[C@H](OC(N)=O)[C@@H](O)CN=[N+]=[N-])C(C)C)ccc1OC. The van der Waals surface area contributed by atoms with Crippen LogP contribution in [0.1, 0.15) is 32.3 Å². The molecule has 1 rings (SSSR count). The van der Waals surface area contributed by atoms with Gasteiger partial charge in [-0.2, -0.15) is 0 Å². The fourth-order valence-corrected chi connectivity index (χ4v) is 3.21. The van der Waals surface area contributed by atoms with Crippen molar-refractivity contribution in [2.45, 2.75) is 45.3 Å². The second-order valence-corrected chi connectivity index (χ2v) is 7.58. The Kier molecular flexibility index (Phi) is 12.2. The highest BCUT2D eigenvalue weighted by Gasteiger charge is 2.28. The maximum Gasteiger partial charge on any atom is 0.404 e. The third-order valence-corrected chi connectivity index (χ3v) is 4.98. The van der Waals surface area contributed by atoms with E-state index in [9.17, 15) is 9.90 Å². The summed E-state index contributed by atoms with van der Waals surface area (Å²) in [6.07, 6.45) is -1.22. The van der Waals surface area contributed by atoms with Gasteiger partial charge >= 0.3 is 6.09 Å². The van der Waals surface area contributed by atoms with Crippen LogP contribution in [0, 0.1) is 11.8 Å². The van der Waals surface area contributed by atoms with Gasteiger partial charge in [-0.05, 0) is 47.9 Å². The van der Waals surface area contributed by atoms with Crippen LogP contribution in [0.25, 0.3) is 10.4 Å². The smallest absolute Gasteiger partial charge is 0.404 e. The second kappa shape index (κ2) is 14.3. The van der Waals surface area contributed by atoms with Crippen LogP contribution in [0.2, 0.25) is 0 Å². The molecule has 0 radical (unpaired) electrons. The summed E-state index contributed by atoms with van der Waals surface area (Å²) in [5.74, 6) is 1.56. The molecule has 31 heavy (non-hydrogen) atoms. The zero-order valence-electron chi connectivity index (χ0n) is 18.7. The zero-order valence-corrected chi connectivity index (χ0v) is 18.7. The summed E-state index contributed by atoms with van der Waals surface area (Å²) in [4.78, 5) is 13.9. The molecular formula is C21H34N4O6. The predicted octanol–water partition coefficient (Wildman–Crippen LogP) is 3.45. The second-order valence-electron chi connectivity index (χ2n) is 7.58. The molecule has 3 N–H and O–H groups in total. The molecule has 0 saturated heterocycles. The van der Waals surface area contributed by atoms with Gasteiger partial charge in [-0.25, -0.2) is 4.79 Å². The van der Waals surface area contributed by atoms with E-state index in [1.54, 1.807) is 14.2 Å². The summed E-state index contributed by atoms with van der Waals surface area (Å²) >= 11 is 0. The van der Waals surface area contributed by atoms with Gasteiger partial charge in [0, 0.05) is 25.0 Å². The minimum Gasteiger partial charge on any atom is -0.493 e. The van der Waals surface area contributed by atoms with E-state index in [4.69, 9.17) is 30.2 Å². The number of carbonyl (C=O) groups is 1. The van der Waals surface area contributed by atoms with Crippen molar-refractivity contribution in [2.75, 3.05) is 34.0 Å². The summed E-state index contributed by atoms with van der Waals surface area (Å²) in [6, 6.07) is 5.74. The molecular weight excluding hydrogens is 404 g/mol. The van der Waals surface area contributed by atoms with Gasteiger partial charge in [-0.1, -0.05) is 25.0 Å². The van der Waals surface area contributed by atoms with Gasteiger partial charge < -0.3 is 29.8 Å². The summed E-state index contributed by atoms with van der Waals surface area (Å²) in [5.41, 5.74) is 14.7. The lowest BCUT2D eigenvalue weighted by Gasteiger charge is -2.28. The van der Waals surface area contributed by atoms with Crippen LogP contribution in [0.4, 0.5) is 4.79 Å². The van der Waals surface area contributed by atoms with Crippen molar-refractivity contribution in [1.29, 1.82) is 0 Å². The average Bonchev–Trinajstić information content (AvgIpc) is 2.73. The molecule has 0 bridgehead atoms. The molecule has 0 unspecified atom stereocenters. The van der Waals surface area contributed by atoms with E-state index in [0.29, 0.717) is 37.6 Å². The van der Waals surface area contributed by atoms with Crippen LogP contribution in [0.5, 0.6) is 11.5 Å². The number of hydrogen-bond donors (Lipinski definition) is 2. The molecule has 0 aromatic heterocycles. The van der Waals surface area contributed by atoms with E-state index in [2.05, 4.69) is 23.9 Å². The number of nitrogens with zero attached hydrogens (tertiary/aromatic N) is 3. The lowest BCUT2D eigenvalue weighted by Crippen LogP contribution is -2.38. The number of aliphatic hydroxyl groups is 1. The average molecular weight is 439 g/mol. The van der Waals surface area contributed by atoms with Crippen molar-refractivity contribution in [3.8, 4) is 11.5 Å². The third-order valence-electron chi connectivity index (χ3n) is 4.98. The van der Waals surface area contributed by atoms with Crippen LogP contribution in [0.3, 0.4) is 0 Å². The van der Waals surface area contributed by atoms with Crippen LogP contribution in [-0.2, 0) is 15.9 Å². The van der Waals surface area contributed by atoms with Crippen molar-refractivity contribution in [2.24, 2.45) is 22.7 Å². The standard InChI is InChI=1S/C21H34N4O6/c1-14(2)16(12-19(31-21(22)27)17(26)13-24-25-23)10-15-6-7-18(29-4)20(11-15)30-9-5-8-28-3/h6-7,11,14,16-17,19,26H,5,8-10,12-13H2,1-4H3,(H2,22,27)/t16-,17-,19-/m0/s1. The molecule has 10 heteroatoms. The maximum atomic E-state index is 11.3. The number of carbonyl (C=O) groups excluding carboxylic acids is 1. The summed E-state index contributed by atoms with van der Waals surface area (Å²) in [5, 5.41) is 13.7. The zero-order chi connectivity index (χ0) is 23.2. The molecule has 3 atom stereocenters. The first kappa shape index (κ1) is 26.4. The Balaban J connectivity index is 2.96. The van der Waals surface area contributed by atoms with E-state index in [-0.39, 0.29) is 18.4 Å². The van der Waals surface area contributed by atoms with E-state index < -0.39 is 18.3 Å². The van der Waals surface area contributed by atoms with Crippen molar-refractivity contribution >= 4 is 6.09 Å². The number of benzene rings is 1. The van der Waals surface area contributed by atoms with Gasteiger partial charge in [0.25, 0.3) is 0 Å². The highest BCUT2D eigenvalue weighted by Crippen LogP contribution is 2.31. The highest BCUT2D eigenvalue weighted by molar-refractivity contribution is 5.64. The Morgan fingerprint density at radius 1 is 1.26 bits per heavy atom. The topological polar surface area (TPSA) is 149 Å². The van der Waals surface area contributed by atoms with Gasteiger partial charge in [0.2, 0.25) is 0 Å². The maximum absolute atomic E-state index is 11.3. The van der Waals surface area contributed by atoms with Crippen molar-refractivity contribution in [3.63, 3.8) is 0 Å². The number of amides is 1. The normalized spacial score (nSPS) is 13.7. The minimum absolute atomic E-state index is 0.0554. The molecule has 0 heterocycles. The van der Waals surface area contributed by atoms with Gasteiger partial charge in [-0.15, -0.1) is 0 Å². The molecule has 1 aromatic carbocycles. The number of primary amides is 1. The van der Waals surface area contributed by atoms with Crippen molar-refractivity contribution in [3.05, 3.63) is 34.2 Å². The van der Waals surface area contributed by atoms with Gasteiger partial charge in [0.05, 0.1) is 26.4 Å². The lowest BCUT2D eigenvalue weighted by molar-refractivity contribution is -0.00543. The van der Waals surface area contributed by atoms with E-state index >= 15 is 0 Å². The Morgan fingerprint density at radius 2 is 2.00 bits per heavy atom. The molecule has 174 valence electrons. The first-order valence-corrected chi connectivity index (χ1v) is 10.3. The Bertz CT molecular complexity index is 724. The third kappa shape index (κ3) is 9.78. The van der Waals surface area contributed by atoms with E-state index in [0.717, 1.165) is 12.0 Å². The first-order chi connectivity index (χ1) is 14.8. The minimum atomic E-state index is -1.14. The highest BCUT2D eigenvalue weighted by atomic mass is 16.6. The van der Waals surface area contributed by atoms with Crippen LogP contribution >= 0.6 is 0 Å². The van der Waals surface area contributed by atoms with Crippen LogP contribution in [-0.4, -0.2) is 57.4 Å². The molecule has 0 spiro atoms. The molecule has 10 nitrogen and oxygen atoms in total. The largest absolute Gasteiger partial charge is 0.493 e. The number of aliphatic hydroxyl groups excluding tert-OH is 1. The number of rotatable bonds is 15. The van der Waals surface area contributed by atoms with Crippen LogP contribution in [0.15, 0.2) is 23.3 Å². The Hall–Kier alpha value is -2.68. The van der Waals surface area contributed by atoms with Gasteiger partial charge in [-0.3, -0.25) is 0 Å². The molecule has 0 aliphatic heterocycles. The number of azide groups is 1. The number of hydrogen-bond acceptors (Lipinski definition) is 7. The van der Waals surface area contributed by atoms with Crippen molar-refractivity contribution < 1.29 is 28.8 Å². The van der Waals surface area contributed by atoms with E-state index in [1.807, 2.05) is 18.2 Å². The molecule has 0 fully saturated rings. The molecule has 0 saturated carbocycles. The van der Waals surface area contributed by atoms with Gasteiger partial charge in [0.15, 0.2) is 11.5 Å². The predicted molar refractivity (Wildman–Crippen MR) is 116 cm³/mol. The van der Waals surface area contributed by atoms with Gasteiger partial charge in [0.1, 0.15) is 6.10 Å². The Labute approximate surface area is 183 Å². The molecule has 1 aromatic rings. The quantitative estimate of drug-likeness (QED) is 0.185. The number of ether oxygens (including phenoxy) is 4.